The zero-order valence-electron chi connectivity index (χ0n) is 11.3. The third kappa shape index (κ3) is 2.56. The Morgan fingerprint density at radius 2 is 2.29 bits per heavy atom. The molecule has 2 aromatic rings. The molecule has 0 amide bonds. The Balaban J connectivity index is 2.01. The van der Waals surface area contributed by atoms with Crippen molar-refractivity contribution < 1.29 is 9.53 Å². The summed E-state index contributed by atoms with van der Waals surface area (Å²) in [5.41, 5.74) is 0.809. The average molecular weight is 305 g/mol. The second-order valence-electron chi connectivity index (χ2n) is 4.91. The van der Waals surface area contributed by atoms with Crippen LogP contribution in [0.5, 0.6) is 0 Å². The Bertz CT molecular complexity index is 810. The van der Waals surface area contributed by atoms with E-state index in [2.05, 4.69) is 11.6 Å². The third-order valence-electron chi connectivity index (χ3n) is 3.41. The lowest BCUT2D eigenvalue weighted by Gasteiger charge is -2.07. The normalized spacial score (nSPS) is 13.2. The van der Waals surface area contributed by atoms with Crippen LogP contribution in [0.25, 0.3) is 10.9 Å². The standard InChI is InChI=1S/C15H13ClN2O3/c1-9(16)8-21-15(20)10-4-5-11-12(7-10)17-13-3-2-6-18(13)14(11)19/h4-5,7H,1-3,6,8H2. The van der Waals surface area contributed by atoms with Crippen LogP contribution in [0.4, 0.5) is 0 Å². The zero-order chi connectivity index (χ0) is 15.0. The van der Waals surface area contributed by atoms with Crippen LogP contribution in [0.3, 0.4) is 0 Å². The third-order valence-corrected chi connectivity index (χ3v) is 3.52. The van der Waals surface area contributed by atoms with Gasteiger partial charge in [0.25, 0.3) is 5.56 Å². The van der Waals surface area contributed by atoms with Crippen molar-refractivity contribution in [1.29, 1.82) is 0 Å². The van der Waals surface area contributed by atoms with Crippen molar-refractivity contribution in [2.24, 2.45) is 0 Å². The lowest BCUT2D eigenvalue weighted by molar-refractivity contribution is 0.0546. The molecular weight excluding hydrogens is 292 g/mol. The van der Waals surface area contributed by atoms with Crippen LogP contribution in [0.1, 0.15) is 22.6 Å². The fourth-order valence-electron chi connectivity index (χ4n) is 2.44. The molecule has 3 rings (SSSR count). The van der Waals surface area contributed by atoms with Crippen LogP contribution in [0, 0.1) is 0 Å². The summed E-state index contributed by atoms with van der Waals surface area (Å²) in [4.78, 5) is 28.6. The molecule has 0 N–H and O–H groups in total. The first-order valence-corrected chi connectivity index (χ1v) is 6.98. The molecule has 2 heterocycles. The van der Waals surface area contributed by atoms with Crippen molar-refractivity contribution in [3.8, 4) is 0 Å². The Morgan fingerprint density at radius 1 is 1.48 bits per heavy atom. The number of hydrogen-bond acceptors (Lipinski definition) is 4. The number of aromatic nitrogens is 2. The first kappa shape index (κ1) is 13.8. The summed E-state index contributed by atoms with van der Waals surface area (Å²) >= 11 is 5.56. The van der Waals surface area contributed by atoms with E-state index in [1.807, 2.05) is 0 Å². The maximum Gasteiger partial charge on any atom is 0.338 e. The maximum atomic E-state index is 12.3. The van der Waals surface area contributed by atoms with Crippen molar-refractivity contribution in [3.05, 3.63) is 51.6 Å². The molecule has 0 saturated heterocycles. The number of nitrogens with zero attached hydrogens (tertiary/aromatic N) is 2. The minimum absolute atomic E-state index is 0.0430. The summed E-state index contributed by atoms with van der Waals surface area (Å²) in [7, 11) is 0. The number of benzene rings is 1. The van der Waals surface area contributed by atoms with Gasteiger partial charge in [0.2, 0.25) is 0 Å². The zero-order valence-corrected chi connectivity index (χ0v) is 12.0. The van der Waals surface area contributed by atoms with Gasteiger partial charge in [-0.3, -0.25) is 9.36 Å². The largest absolute Gasteiger partial charge is 0.456 e. The van der Waals surface area contributed by atoms with Gasteiger partial charge < -0.3 is 4.74 Å². The van der Waals surface area contributed by atoms with E-state index in [0.29, 0.717) is 23.0 Å². The highest BCUT2D eigenvalue weighted by Crippen LogP contribution is 2.16. The van der Waals surface area contributed by atoms with Crippen LogP contribution in [0.2, 0.25) is 0 Å². The molecule has 0 spiro atoms. The Labute approximate surface area is 125 Å². The lowest BCUT2D eigenvalue weighted by atomic mass is 10.1. The van der Waals surface area contributed by atoms with Gasteiger partial charge >= 0.3 is 5.97 Å². The molecule has 0 bridgehead atoms. The van der Waals surface area contributed by atoms with E-state index in [4.69, 9.17) is 16.3 Å². The van der Waals surface area contributed by atoms with E-state index in [-0.39, 0.29) is 17.2 Å². The molecule has 1 aliphatic rings. The molecule has 1 aromatic heterocycles. The highest BCUT2D eigenvalue weighted by molar-refractivity contribution is 6.29. The number of fused-ring (bicyclic) bond motifs is 2. The molecular formula is C15H13ClN2O3. The SMILES string of the molecule is C=C(Cl)COC(=O)c1ccc2c(=O)n3c(nc2c1)CCC3. The molecule has 1 aliphatic heterocycles. The Hall–Kier alpha value is -2.14. The summed E-state index contributed by atoms with van der Waals surface area (Å²) in [5.74, 6) is 0.258. The minimum atomic E-state index is -0.513. The molecule has 108 valence electrons. The molecule has 21 heavy (non-hydrogen) atoms. The highest BCUT2D eigenvalue weighted by Gasteiger charge is 2.17. The smallest absolute Gasteiger partial charge is 0.338 e. The van der Waals surface area contributed by atoms with Gasteiger partial charge in [0.1, 0.15) is 12.4 Å². The first-order valence-electron chi connectivity index (χ1n) is 6.60. The summed E-state index contributed by atoms with van der Waals surface area (Å²) in [5, 5.41) is 0.761. The first-order chi connectivity index (χ1) is 10.1. The van der Waals surface area contributed by atoms with Gasteiger partial charge in [-0.2, -0.15) is 0 Å². The van der Waals surface area contributed by atoms with Gasteiger partial charge in [-0.1, -0.05) is 18.2 Å². The van der Waals surface area contributed by atoms with Gasteiger partial charge in [0, 0.05) is 18.0 Å². The molecule has 0 saturated carbocycles. The van der Waals surface area contributed by atoms with Crippen molar-refractivity contribution >= 4 is 28.5 Å². The van der Waals surface area contributed by atoms with Crippen molar-refractivity contribution in [2.75, 3.05) is 6.61 Å². The topological polar surface area (TPSA) is 61.2 Å². The van der Waals surface area contributed by atoms with Gasteiger partial charge in [-0.15, -0.1) is 0 Å². The molecule has 1 aromatic carbocycles. The number of halogens is 1. The monoisotopic (exact) mass is 304 g/mol. The lowest BCUT2D eigenvalue weighted by Crippen LogP contribution is -2.21. The molecule has 0 aliphatic carbocycles. The maximum absolute atomic E-state index is 12.3. The van der Waals surface area contributed by atoms with Crippen molar-refractivity contribution in [2.45, 2.75) is 19.4 Å². The predicted octanol–water partition coefficient (Wildman–Crippen LogP) is 2.25. The molecule has 5 nitrogen and oxygen atoms in total. The minimum Gasteiger partial charge on any atom is -0.456 e. The van der Waals surface area contributed by atoms with Crippen LogP contribution < -0.4 is 5.56 Å². The van der Waals surface area contributed by atoms with Crippen LogP contribution in [-0.4, -0.2) is 22.1 Å². The predicted molar refractivity (Wildman–Crippen MR) is 79.6 cm³/mol. The highest BCUT2D eigenvalue weighted by atomic mass is 35.5. The fraction of sp³-hybridized carbons (Fsp3) is 0.267. The van der Waals surface area contributed by atoms with Gasteiger partial charge in [-0.05, 0) is 24.6 Å². The molecule has 0 radical (unpaired) electrons. The van der Waals surface area contributed by atoms with E-state index in [0.717, 1.165) is 18.7 Å². The van der Waals surface area contributed by atoms with E-state index in [9.17, 15) is 9.59 Å². The summed E-state index contributed by atoms with van der Waals surface area (Å²) in [6, 6.07) is 4.75. The summed E-state index contributed by atoms with van der Waals surface area (Å²) in [6.45, 7) is 4.12. The number of esters is 1. The summed E-state index contributed by atoms with van der Waals surface area (Å²) < 4.78 is 6.67. The van der Waals surface area contributed by atoms with Gasteiger partial charge in [-0.25, -0.2) is 9.78 Å². The number of aryl methyl sites for hydroxylation is 1. The second-order valence-corrected chi connectivity index (χ2v) is 5.45. The second kappa shape index (κ2) is 5.33. The van der Waals surface area contributed by atoms with E-state index in [1.54, 1.807) is 22.8 Å². The van der Waals surface area contributed by atoms with Crippen LogP contribution in [-0.2, 0) is 17.7 Å². The number of carbonyl (C=O) groups excluding carboxylic acids is 1. The molecule has 0 fully saturated rings. The number of rotatable bonds is 3. The van der Waals surface area contributed by atoms with Crippen LogP contribution >= 0.6 is 11.6 Å². The molecule has 6 heteroatoms. The number of carbonyl (C=O) groups is 1. The van der Waals surface area contributed by atoms with E-state index < -0.39 is 5.97 Å². The average Bonchev–Trinajstić information content (AvgIpc) is 2.93. The number of ether oxygens (including phenoxy) is 1. The fourth-order valence-corrected chi connectivity index (χ4v) is 2.49. The van der Waals surface area contributed by atoms with Gasteiger partial charge in [0.05, 0.1) is 16.5 Å². The Morgan fingerprint density at radius 3 is 3.05 bits per heavy atom. The quantitative estimate of drug-likeness (QED) is 0.816. The molecule has 0 unspecified atom stereocenters. The Kier molecular flexibility index (Phi) is 3.51. The van der Waals surface area contributed by atoms with E-state index in [1.165, 1.54) is 0 Å². The van der Waals surface area contributed by atoms with Crippen molar-refractivity contribution in [1.82, 2.24) is 9.55 Å². The molecule has 0 atom stereocenters. The van der Waals surface area contributed by atoms with Crippen molar-refractivity contribution in [3.63, 3.8) is 0 Å². The van der Waals surface area contributed by atoms with E-state index >= 15 is 0 Å². The summed E-state index contributed by atoms with van der Waals surface area (Å²) in [6.07, 6.45) is 1.71. The van der Waals surface area contributed by atoms with Gasteiger partial charge in [0.15, 0.2) is 0 Å². The number of hydrogen-bond donors (Lipinski definition) is 0. The van der Waals surface area contributed by atoms with Crippen LogP contribution in [0.15, 0.2) is 34.6 Å².